The van der Waals surface area contributed by atoms with Crippen LogP contribution in [0, 0.1) is 0 Å². The summed E-state index contributed by atoms with van der Waals surface area (Å²) in [7, 11) is 0. The first-order chi connectivity index (χ1) is 8.42. The lowest BCUT2D eigenvalue weighted by Gasteiger charge is -2.10. The maximum Gasteiger partial charge on any atom is 0.0721 e. The minimum absolute atomic E-state index is 0.375. The largest absolute Gasteiger partial charge is 0.372 e. The van der Waals surface area contributed by atoms with Crippen molar-refractivity contribution < 1.29 is 4.74 Å². The standard InChI is InChI=1S/C14H16N2O/c1-2-12-8-11(3-4-14(12)16-6-1)10-17-13-5-7-15-9-13/h1-4,6,8,13,15H,5,7,9-10H2. The van der Waals surface area contributed by atoms with Crippen LogP contribution in [-0.2, 0) is 11.3 Å². The van der Waals surface area contributed by atoms with Gasteiger partial charge in [-0.3, -0.25) is 4.98 Å². The molecular formula is C14H16N2O. The van der Waals surface area contributed by atoms with Crippen LogP contribution in [0.2, 0.25) is 0 Å². The summed E-state index contributed by atoms with van der Waals surface area (Å²) in [6.45, 7) is 2.75. The summed E-state index contributed by atoms with van der Waals surface area (Å²) in [4.78, 5) is 4.31. The molecule has 1 atom stereocenters. The first kappa shape index (κ1) is 10.7. The Morgan fingerprint density at radius 3 is 3.24 bits per heavy atom. The Hall–Kier alpha value is -1.45. The van der Waals surface area contributed by atoms with E-state index in [9.17, 15) is 0 Å². The third-order valence-corrected chi connectivity index (χ3v) is 3.17. The van der Waals surface area contributed by atoms with E-state index in [1.165, 1.54) is 10.9 Å². The third-order valence-electron chi connectivity index (χ3n) is 3.17. The molecule has 0 bridgehead atoms. The number of fused-ring (bicyclic) bond motifs is 1. The molecule has 1 N–H and O–H groups in total. The van der Waals surface area contributed by atoms with Gasteiger partial charge in [0.1, 0.15) is 0 Å². The van der Waals surface area contributed by atoms with E-state index in [4.69, 9.17) is 4.74 Å². The first-order valence-electron chi connectivity index (χ1n) is 6.08. The van der Waals surface area contributed by atoms with Gasteiger partial charge in [-0.25, -0.2) is 0 Å². The summed E-state index contributed by atoms with van der Waals surface area (Å²) < 4.78 is 5.85. The van der Waals surface area contributed by atoms with E-state index in [0.29, 0.717) is 12.7 Å². The van der Waals surface area contributed by atoms with Crippen molar-refractivity contribution >= 4 is 10.9 Å². The van der Waals surface area contributed by atoms with Crippen molar-refractivity contribution in [2.45, 2.75) is 19.1 Å². The minimum atomic E-state index is 0.375. The lowest BCUT2D eigenvalue weighted by Crippen LogP contribution is -2.16. The predicted octanol–water partition coefficient (Wildman–Crippen LogP) is 2.11. The van der Waals surface area contributed by atoms with Crippen molar-refractivity contribution in [1.29, 1.82) is 0 Å². The zero-order valence-electron chi connectivity index (χ0n) is 9.73. The summed E-state index contributed by atoms with van der Waals surface area (Å²) in [5.41, 5.74) is 2.26. The molecule has 0 aliphatic carbocycles. The highest BCUT2D eigenvalue weighted by Crippen LogP contribution is 2.15. The molecule has 2 aromatic rings. The Morgan fingerprint density at radius 2 is 2.35 bits per heavy atom. The van der Waals surface area contributed by atoms with Crippen molar-refractivity contribution in [1.82, 2.24) is 10.3 Å². The van der Waals surface area contributed by atoms with Crippen LogP contribution in [0.15, 0.2) is 36.5 Å². The highest BCUT2D eigenvalue weighted by molar-refractivity contribution is 5.78. The van der Waals surface area contributed by atoms with Gasteiger partial charge in [0, 0.05) is 18.1 Å². The minimum Gasteiger partial charge on any atom is -0.372 e. The van der Waals surface area contributed by atoms with Crippen LogP contribution in [-0.4, -0.2) is 24.2 Å². The fraction of sp³-hybridized carbons (Fsp3) is 0.357. The van der Waals surface area contributed by atoms with Crippen LogP contribution in [0.4, 0.5) is 0 Å². The normalized spacial score (nSPS) is 19.9. The molecule has 3 heteroatoms. The second kappa shape index (κ2) is 4.82. The maximum atomic E-state index is 5.85. The van der Waals surface area contributed by atoms with Gasteiger partial charge >= 0.3 is 0 Å². The zero-order valence-corrected chi connectivity index (χ0v) is 9.73. The van der Waals surface area contributed by atoms with Crippen molar-refractivity contribution in [3.8, 4) is 0 Å². The molecule has 1 aromatic heterocycles. The molecule has 3 nitrogen and oxygen atoms in total. The lowest BCUT2D eigenvalue weighted by atomic mass is 10.1. The average molecular weight is 228 g/mol. The zero-order chi connectivity index (χ0) is 11.5. The predicted molar refractivity (Wildman–Crippen MR) is 67.8 cm³/mol. The summed E-state index contributed by atoms with van der Waals surface area (Å²) >= 11 is 0. The van der Waals surface area contributed by atoms with Gasteiger partial charge in [0.05, 0.1) is 18.2 Å². The molecule has 1 fully saturated rings. The smallest absolute Gasteiger partial charge is 0.0721 e. The molecule has 1 saturated heterocycles. The van der Waals surface area contributed by atoms with E-state index in [1.807, 2.05) is 12.3 Å². The fourth-order valence-electron chi connectivity index (χ4n) is 2.20. The highest BCUT2D eigenvalue weighted by atomic mass is 16.5. The molecule has 1 unspecified atom stereocenters. The van der Waals surface area contributed by atoms with Crippen LogP contribution in [0.3, 0.4) is 0 Å². The van der Waals surface area contributed by atoms with Gasteiger partial charge < -0.3 is 10.1 Å². The maximum absolute atomic E-state index is 5.85. The third kappa shape index (κ3) is 2.46. The molecule has 1 aromatic carbocycles. The number of ether oxygens (including phenoxy) is 1. The number of hydrogen-bond acceptors (Lipinski definition) is 3. The van der Waals surface area contributed by atoms with E-state index >= 15 is 0 Å². The number of pyridine rings is 1. The van der Waals surface area contributed by atoms with E-state index in [0.717, 1.165) is 25.0 Å². The lowest BCUT2D eigenvalue weighted by molar-refractivity contribution is 0.0543. The number of nitrogens with zero attached hydrogens (tertiary/aromatic N) is 1. The Kier molecular flexibility index (Phi) is 3.03. The SMILES string of the molecule is c1cnc2ccc(COC3CCNC3)cc2c1. The summed E-state index contributed by atoms with van der Waals surface area (Å²) in [6, 6.07) is 10.4. The molecule has 0 spiro atoms. The molecule has 1 aliphatic rings. The summed E-state index contributed by atoms with van der Waals surface area (Å²) in [6.07, 6.45) is 3.32. The number of nitrogens with one attached hydrogen (secondary N) is 1. The molecule has 1 aliphatic heterocycles. The molecule has 17 heavy (non-hydrogen) atoms. The van der Waals surface area contributed by atoms with Crippen LogP contribution in [0.1, 0.15) is 12.0 Å². The van der Waals surface area contributed by atoms with Crippen LogP contribution in [0.25, 0.3) is 10.9 Å². The van der Waals surface area contributed by atoms with Crippen molar-refractivity contribution in [3.63, 3.8) is 0 Å². The van der Waals surface area contributed by atoms with Crippen molar-refractivity contribution in [2.24, 2.45) is 0 Å². The van der Waals surface area contributed by atoms with Gasteiger partial charge in [-0.15, -0.1) is 0 Å². The van der Waals surface area contributed by atoms with Gasteiger partial charge in [0.15, 0.2) is 0 Å². The first-order valence-corrected chi connectivity index (χ1v) is 6.08. The van der Waals surface area contributed by atoms with Gasteiger partial charge in [-0.2, -0.15) is 0 Å². The van der Waals surface area contributed by atoms with Crippen LogP contribution < -0.4 is 5.32 Å². The quantitative estimate of drug-likeness (QED) is 0.873. The van der Waals surface area contributed by atoms with Gasteiger partial charge in [0.25, 0.3) is 0 Å². The van der Waals surface area contributed by atoms with Crippen molar-refractivity contribution in [2.75, 3.05) is 13.1 Å². The topological polar surface area (TPSA) is 34.1 Å². The average Bonchev–Trinajstić information content (AvgIpc) is 2.89. The van der Waals surface area contributed by atoms with Gasteiger partial charge in [0.2, 0.25) is 0 Å². The van der Waals surface area contributed by atoms with Gasteiger partial charge in [-0.05, 0) is 36.7 Å². The second-order valence-electron chi connectivity index (χ2n) is 4.46. The molecule has 2 heterocycles. The van der Waals surface area contributed by atoms with Gasteiger partial charge in [-0.1, -0.05) is 12.1 Å². The monoisotopic (exact) mass is 228 g/mol. The summed E-state index contributed by atoms with van der Waals surface area (Å²) in [5.74, 6) is 0. The van der Waals surface area contributed by atoms with Crippen molar-refractivity contribution in [3.05, 3.63) is 42.1 Å². The Balaban J connectivity index is 1.72. The highest BCUT2D eigenvalue weighted by Gasteiger charge is 2.14. The molecule has 0 saturated carbocycles. The fourth-order valence-corrected chi connectivity index (χ4v) is 2.20. The number of benzene rings is 1. The van der Waals surface area contributed by atoms with E-state index in [1.54, 1.807) is 0 Å². The Morgan fingerprint density at radius 1 is 1.35 bits per heavy atom. The number of hydrogen-bond donors (Lipinski definition) is 1. The van der Waals surface area contributed by atoms with E-state index in [-0.39, 0.29) is 0 Å². The van der Waals surface area contributed by atoms with E-state index in [2.05, 4.69) is 34.6 Å². The molecular weight excluding hydrogens is 212 g/mol. The number of aromatic nitrogens is 1. The molecule has 3 rings (SSSR count). The van der Waals surface area contributed by atoms with Crippen LogP contribution in [0.5, 0.6) is 0 Å². The second-order valence-corrected chi connectivity index (χ2v) is 4.46. The Bertz CT molecular complexity index is 506. The molecule has 0 amide bonds. The van der Waals surface area contributed by atoms with Crippen LogP contribution >= 0.6 is 0 Å². The van der Waals surface area contributed by atoms with E-state index < -0.39 is 0 Å². The number of rotatable bonds is 3. The Labute approximate surface area is 101 Å². The summed E-state index contributed by atoms with van der Waals surface area (Å²) in [5, 5.41) is 4.48. The molecule has 88 valence electrons. The molecule has 0 radical (unpaired) electrons.